The molecule has 0 aromatic heterocycles. The van der Waals surface area contributed by atoms with E-state index in [1.165, 1.54) is 54.9 Å². The van der Waals surface area contributed by atoms with Crippen molar-refractivity contribution in [3.8, 4) is 22.3 Å². The van der Waals surface area contributed by atoms with E-state index in [-0.39, 0.29) is 18.6 Å². The Morgan fingerprint density at radius 3 is 1.26 bits per heavy atom. The fourth-order valence-corrected chi connectivity index (χ4v) is 4.74. The molecule has 0 spiro atoms. The van der Waals surface area contributed by atoms with Gasteiger partial charge in [-0.3, -0.25) is 0 Å². The molecule has 1 heteroatoms. The first-order chi connectivity index (χ1) is 16.8. The summed E-state index contributed by atoms with van der Waals surface area (Å²) in [6.07, 6.45) is 2.20. The summed E-state index contributed by atoms with van der Waals surface area (Å²) >= 11 is 0. The van der Waals surface area contributed by atoms with Crippen molar-refractivity contribution in [3.63, 3.8) is 0 Å². The third kappa shape index (κ3) is 5.35. The quantitative estimate of drug-likeness (QED) is 0.216. The van der Waals surface area contributed by atoms with Crippen LogP contribution >= 0.6 is 0 Å². The molecule has 0 nitrogen and oxygen atoms in total. The average molecular weight is 490 g/mol. The van der Waals surface area contributed by atoms with E-state index in [0.717, 1.165) is 12.8 Å². The maximum Gasteiger partial charge on any atom is 2.00 e. The van der Waals surface area contributed by atoms with Crippen molar-refractivity contribution in [1.82, 2.24) is 0 Å². The Bertz CT molecular complexity index is 1380. The molecule has 0 unspecified atom stereocenters. The minimum absolute atomic E-state index is 0. The summed E-state index contributed by atoms with van der Waals surface area (Å²) in [6, 6.07) is 43.5. The molecule has 6 rings (SSSR count). The van der Waals surface area contributed by atoms with Crippen molar-refractivity contribution >= 4 is 21.5 Å². The molecular weight excluding hydrogens is 459 g/mol. The van der Waals surface area contributed by atoms with Crippen LogP contribution in [0, 0.1) is 0 Å². The number of hydrogen-bond acceptors (Lipinski definition) is 0. The Kier molecular flexibility index (Phi) is 8.08. The predicted molar refractivity (Wildman–Crippen MR) is 149 cm³/mol. The second-order valence-corrected chi connectivity index (χ2v) is 8.78. The molecule has 171 valence electrons. The first kappa shape index (κ1) is 24.8. The zero-order valence-corrected chi connectivity index (χ0v) is 21.8. The van der Waals surface area contributed by atoms with Crippen molar-refractivity contribution in [3.05, 3.63) is 132 Å². The third-order valence-corrected chi connectivity index (χ3v) is 6.61. The molecule has 35 heavy (non-hydrogen) atoms. The van der Waals surface area contributed by atoms with Crippen LogP contribution in [0.1, 0.15) is 25.0 Å². The molecule has 0 aliphatic carbocycles. The largest absolute Gasteiger partial charge is 2.00 e. The van der Waals surface area contributed by atoms with Crippen molar-refractivity contribution in [1.29, 1.82) is 0 Å². The molecule has 6 aromatic rings. The molecule has 0 heterocycles. The summed E-state index contributed by atoms with van der Waals surface area (Å²) < 4.78 is 0. The molecule has 0 aliphatic heterocycles. The molecule has 6 aromatic carbocycles. The maximum atomic E-state index is 2.32. The predicted octanol–water partition coefficient (Wildman–Crippen LogP) is 9.57. The van der Waals surface area contributed by atoms with Gasteiger partial charge in [-0.15, -0.1) is 69.1 Å². The zero-order valence-electron chi connectivity index (χ0n) is 20.4. The summed E-state index contributed by atoms with van der Waals surface area (Å²) in [4.78, 5) is 0. The topological polar surface area (TPSA) is 0 Å². The summed E-state index contributed by atoms with van der Waals surface area (Å²) in [5.41, 5.74) is 8.11. The molecule has 0 N–H and O–H groups in total. The summed E-state index contributed by atoms with van der Waals surface area (Å²) in [5.74, 6) is 0. The molecule has 0 atom stereocenters. The Labute approximate surface area is 220 Å². The van der Waals surface area contributed by atoms with Crippen LogP contribution in [-0.4, -0.2) is 0 Å². The van der Waals surface area contributed by atoms with E-state index in [1.54, 1.807) is 0 Å². The van der Waals surface area contributed by atoms with Gasteiger partial charge in [-0.1, -0.05) is 97.8 Å². The van der Waals surface area contributed by atoms with Crippen LogP contribution in [0.3, 0.4) is 0 Å². The fourth-order valence-electron chi connectivity index (χ4n) is 4.74. The van der Waals surface area contributed by atoms with E-state index in [1.807, 2.05) is 0 Å². The minimum atomic E-state index is 0. The van der Waals surface area contributed by atoms with Gasteiger partial charge in [0.15, 0.2) is 0 Å². The summed E-state index contributed by atoms with van der Waals surface area (Å²) in [7, 11) is 0. The van der Waals surface area contributed by atoms with E-state index >= 15 is 0 Å². The van der Waals surface area contributed by atoms with Crippen LogP contribution in [0.25, 0.3) is 43.8 Å². The van der Waals surface area contributed by atoms with Gasteiger partial charge in [-0.25, -0.2) is 0 Å². The minimum Gasteiger partial charge on any atom is -0.164 e. The third-order valence-electron chi connectivity index (χ3n) is 6.61. The Balaban J connectivity index is 0.000000160. The summed E-state index contributed by atoms with van der Waals surface area (Å²) in [6.45, 7) is 4.41. The smallest absolute Gasteiger partial charge is 0.164 e. The van der Waals surface area contributed by atoms with Crippen LogP contribution in [0.4, 0.5) is 0 Å². The van der Waals surface area contributed by atoms with Crippen molar-refractivity contribution in [2.75, 3.05) is 0 Å². The van der Waals surface area contributed by atoms with Crippen LogP contribution in [-0.2, 0) is 31.4 Å². The second-order valence-electron chi connectivity index (χ2n) is 8.78. The maximum absolute atomic E-state index is 2.32. The molecule has 0 saturated carbocycles. The molecule has 0 fully saturated rings. The van der Waals surface area contributed by atoms with Gasteiger partial charge in [0.2, 0.25) is 0 Å². The van der Waals surface area contributed by atoms with Gasteiger partial charge in [-0.2, -0.15) is 12.1 Å². The van der Waals surface area contributed by atoms with E-state index in [2.05, 4.69) is 135 Å². The molecule has 0 amide bonds. The van der Waals surface area contributed by atoms with Crippen molar-refractivity contribution in [2.45, 2.75) is 26.7 Å². The van der Waals surface area contributed by atoms with Gasteiger partial charge in [-0.05, 0) is 24.0 Å². The molecule has 1 radical (unpaired) electrons. The number of rotatable bonds is 4. The zero-order chi connectivity index (χ0) is 23.3. The number of fused-ring (bicyclic) bond motifs is 2. The van der Waals surface area contributed by atoms with Gasteiger partial charge in [0.1, 0.15) is 0 Å². The van der Waals surface area contributed by atoms with E-state index < -0.39 is 0 Å². The van der Waals surface area contributed by atoms with E-state index in [9.17, 15) is 0 Å². The SMILES string of the molecule is CCc1cc2c(-c3ccccc3)cccc2[cH-]1.CCc1cc2c(-c3ccccc3)cccc2[cH-]1.[V+2]. The second kappa shape index (κ2) is 11.4. The Hall–Kier alpha value is -3.32. The monoisotopic (exact) mass is 489 g/mol. The Morgan fingerprint density at radius 1 is 0.486 bits per heavy atom. The average Bonchev–Trinajstić information content (AvgIpc) is 3.53. The van der Waals surface area contributed by atoms with Crippen molar-refractivity contribution in [2.24, 2.45) is 0 Å². The van der Waals surface area contributed by atoms with Crippen molar-refractivity contribution < 1.29 is 18.6 Å². The number of benzene rings is 4. The molecule has 0 saturated heterocycles. The number of aryl methyl sites for hydroxylation is 2. The van der Waals surface area contributed by atoms with Crippen LogP contribution in [0.5, 0.6) is 0 Å². The van der Waals surface area contributed by atoms with Gasteiger partial charge >= 0.3 is 18.6 Å². The van der Waals surface area contributed by atoms with Gasteiger partial charge in [0.25, 0.3) is 0 Å². The first-order valence-electron chi connectivity index (χ1n) is 12.2. The molecule has 0 bridgehead atoms. The molecular formula is C34H30V. The van der Waals surface area contributed by atoms with Crippen LogP contribution in [0.2, 0.25) is 0 Å². The standard InChI is InChI=1S/2C17H15.V/c2*1-2-13-11-15-9-6-10-16(17(15)12-13)14-7-4-3-5-8-14;/h2*3-12H,2H2,1H3;/q2*-1;+2. The van der Waals surface area contributed by atoms with E-state index in [0.29, 0.717) is 0 Å². The number of hydrogen-bond donors (Lipinski definition) is 0. The van der Waals surface area contributed by atoms with Crippen LogP contribution < -0.4 is 0 Å². The van der Waals surface area contributed by atoms with Gasteiger partial charge < -0.3 is 0 Å². The first-order valence-corrected chi connectivity index (χ1v) is 12.2. The fraction of sp³-hybridized carbons (Fsp3) is 0.118. The Morgan fingerprint density at radius 2 is 0.886 bits per heavy atom. The van der Waals surface area contributed by atoms with E-state index in [4.69, 9.17) is 0 Å². The molecule has 0 aliphatic rings. The van der Waals surface area contributed by atoms with Gasteiger partial charge in [0.05, 0.1) is 0 Å². The normalized spacial score (nSPS) is 10.6. The summed E-state index contributed by atoms with van der Waals surface area (Å²) in [5, 5.41) is 5.44. The van der Waals surface area contributed by atoms with Crippen LogP contribution in [0.15, 0.2) is 121 Å². The van der Waals surface area contributed by atoms with Gasteiger partial charge in [0, 0.05) is 0 Å².